The topological polar surface area (TPSA) is 65.3 Å². The summed E-state index contributed by atoms with van der Waals surface area (Å²) in [7, 11) is 0. The Morgan fingerprint density at radius 3 is 2.39 bits per heavy atom. The fourth-order valence-corrected chi connectivity index (χ4v) is 2.85. The van der Waals surface area contributed by atoms with Gasteiger partial charge in [-0.15, -0.1) is 0 Å². The third kappa shape index (κ3) is 4.23. The summed E-state index contributed by atoms with van der Waals surface area (Å²) >= 11 is 5.99. The molecule has 2 aromatic carbocycles. The van der Waals surface area contributed by atoms with E-state index in [9.17, 15) is 23.3 Å². The molecule has 5 nitrogen and oxygen atoms in total. The van der Waals surface area contributed by atoms with Crippen LogP contribution in [-0.4, -0.2) is 9.91 Å². The van der Waals surface area contributed by atoms with Crippen molar-refractivity contribution in [2.75, 3.05) is 0 Å². The fourth-order valence-electron chi connectivity index (χ4n) is 2.57. The van der Waals surface area contributed by atoms with Crippen molar-refractivity contribution in [1.29, 1.82) is 0 Å². The van der Waals surface area contributed by atoms with E-state index in [4.69, 9.17) is 16.3 Å². The quantitative estimate of drug-likeness (QED) is 0.389. The van der Waals surface area contributed by atoms with Crippen molar-refractivity contribution in [1.82, 2.24) is 4.98 Å². The SMILES string of the molecule is O=[N+]([O-])c1c(-c2ccc(C(F)(F)F)cc2Cl)ccnc1OCc1ccccc1. The van der Waals surface area contributed by atoms with Crippen LogP contribution in [0.25, 0.3) is 11.1 Å². The molecule has 1 heterocycles. The Balaban J connectivity index is 2.01. The maximum absolute atomic E-state index is 12.8. The van der Waals surface area contributed by atoms with E-state index in [1.165, 1.54) is 12.3 Å². The van der Waals surface area contributed by atoms with Crippen LogP contribution in [0.3, 0.4) is 0 Å². The molecular formula is C19H12ClF3N2O3. The number of halogens is 4. The Morgan fingerprint density at radius 2 is 1.79 bits per heavy atom. The van der Waals surface area contributed by atoms with E-state index in [1.54, 1.807) is 24.3 Å². The van der Waals surface area contributed by atoms with Crippen LogP contribution in [0.1, 0.15) is 11.1 Å². The summed E-state index contributed by atoms with van der Waals surface area (Å²) in [4.78, 5) is 14.8. The van der Waals surface area contributed by atoms with Gasteiger partial charge in [0.1, 0.15) is 6.61 Å². The highest BCUT2D eigenvalue weighted by Gasteiger charge is 2.32. The average molecular weight is 409 g/mol. The van der Waals surface area contributed by atoms with Gasteiger partial charge in [-0.05, 0) is 23.8 Å². The molecule has 0 amide bonds. The number of rotatable bonds is 5. The Labute approximate surface area is 162 Å². The van der Waals surface area contributed by atoms with Crippen LogP contribution >= 0.6 is 11.6 Å². The van der Waals surface area contributed by atoms with Gasteiger partial charge in [0, 0.05) is 16.8 Å². The van der Waals surface area contributed by atoms with Gasteiger partial charge < -0.3 is 4.74 Å². The Morgan fingerprint density at radius 1 is 1.07 bits per heavy atom. The van der Waals surface area contributed by atoms with Crippen molar-refractivity contribution in [2.24, 2.45) is 0 Å². The molecule has 9 heteroatoms. The zero-order chi connectivity index (χ0) is 20.3. The van der Waals surface area contributed by atoms with E-state index in [2.05, 4.69) is 4.98 Å². The first-order chi connectivity index (χ1) is 13.3. The van der Waals surface area contributed by atoms with E-state index in [0.717, 1.165) is 23.8 Å². The first-order valence-corrected chi connectivity index (χ1v) is 8.32. The molecule has 0 bridgehead atoms. The van der Waals surface area contributed by atoms with Crippen LogP contribution in [0.4, 0.5) is 18.9 Å². The largest absolute Gasteiger partial charge is 0.468 e. The molecule has 28 heavy (non-hydrogen) atoms. The lowest BCUT2D eigenvalue weighted by atomic mass is 10.0. The highest BCUT2D eigenvalue weighted by molar-refractivity contribution is 6.33. The van der Waals surface area contributed by atoms with Gasteiger partial charge in [-0.3, -0.25) is 10.1 Å². The second-order valence-corrected chi connectivity index (χ2v) is 6.14. The first kappa shape index (κ1) is 19.6. The summed E-state index contributed by atoms with van der Waals surface area (Å²) in [5, 5.41) is 11.4. The molecule has 0 saturated heterocycles. The minimum absolute atomic E-state index is 0.0155. The summed E-state index contributed by atoms with van der Waals surface area (Å²) in [6.45, 7) is 0.0406. The molecule has 0 fully saturated rings. The van der Waals surface area contributed by atoms with Gasteiger partial charge in [0.05, 0.1) is 16.1 Å². The second kappa shape index (κ2) is 7.85. The average Bonchev–Trinajstić information content (AvgIpc) is 2.66. The van der Waals surface area contributed by atoms with Crippen molar-refractivity contribution in [2.45, 2.75) is 12.8 Å². The summed E-state index contributed by atoms with van der Waals surface area (Å²) in [6.07, 6.45) is -3.30. The maximum Gasteiger partial charge on any atom is 0.416 e. The highest BCUT2D eigenvalue weighted by atomic mass is 35.5. The molecular weight excluding hydrogens is 397 g/mol. The Bertz CT molecular complexity index is 1010. The number of aromatic nitrogens is 1. The van der Waals surface area contributed by atoms with E-state index in [0.29, 0.717) is 0 Å². The first-order valence-electron chi connectivity index (χ1n) is 7.94. The second-order valence-electron chi connectivity index (χ2n) is 5.74. The number of hydrogen-bond acceptors (Lipinski definition) is 4. The number of nitrogens with zero attached hydrogens (tertiary/aromatic N) is 2. The van der Waals surface area contributed by atoms with Crippen LogP contribution in [0, 0.1) is 10.1 Å². The van der Waals surface area contributed by atoms with Gasteiger partial charge in [-0.1, -0.05) is 48.0 Å². The molecule has 0 saturated carbocycles. The van der Waals surface area contributed by atoms with Crippen molar-refractivity contribution in [3.05, 3.63) is 87.1 Å². The molecule has 144 valence electrons. The lowest BCUT2D eigenvalue weighted by Crippen LogP contribution is -2.05. The molecule has 0 aliphatic rings. The molecule has 3 aromatic rings. The minimum atomic E-state index is -4.57. The van der Waals surface area contributed by atoms with E-state index >= 15 is 0 Å². The zero-order valence-electron chi connectivity index (χ0n) is 14.1. The smallest absolute Gasteiger partial charge is 0.416 e. The van der Waals surface area contributed by atoms with E-state index < -0.39 is 22.4 Å². The Hall–Kier alpha value is -3.13. The normalized spacial score (nSPS) is 11.3. The summed E-state index contributed by atoms with van der Waals surface area (Å²) in [6, 6.07) is 12.9. The van der Waals surface area contributed by atoms with Gasteiger partial charge >= 0.3 is 11.9 Å². The van der Waals surface area contributed by atoms with Crippen LogP contribution in [0.5, 0.6) is 5.88 Å². The molecule has 0 spiro atoms. The van der Waals surface area contributed by atoms with Gasteiger partial charge in [-0.25, -0.2) is 4.98 Å². The molecule has 0 radical (unpaired) electrons. The van der Waals surface area contributed by atoms with E-state index in [-0.39, 0.29) is 28.6 Å². The zero-order valence-corrected chi connectivity index (χ0v) is 14.9. The standard InChI is InChI=1S/C19H12ClF3N2O3/c20-16-10-13(19(21,22)23)6-7-14(16)15-8-9-24-18(17(15)25(26)27)28-11-12-4-2-1-3-5-12/h1-10H,11H2. The highest BCUT2D eigenvalue weighted by Crippen LogP contribution is 2.41. The summed E-state index contributed by atoms with van der Waals surface area (Å²) in [5.41, 5.74) is -0.551. The molecule has 3 rings (SSSR count). The summed E-state index contributed by atoms with van der Waals surface area (Å²) < 4.78 is 44.0. The molecule has 0 unspecified atom stereocenters. The number of nitro groups is 1. The van der Waals surface area contributed by atoms with Crippen molar-refractivity contribution in [3.63, 3.8) is 0 Å². The van der Waals surface area contributed by atoms with Crippen LogP contribution in [0.15, 0.2) is 60.8 Å². The molecule has 0 aliphatic carbocycles. The van der Waals surface area contributed by atoms with Crippen LogP contribution in [-0.2, 0) is 12.8 Å². The lowest BCUT2D eigenvalue weighted by molar-refractivity contribution is -0.385. The number of hydrogen-bond donors (Lipinski definition) is 0. The fraction of sp³-hybridized carbons (Fsp3) is 0.105. The summed E-state index contributed by atoms with van der Waals surface area (Å²) in [5.74, 6) is -0.248. The maximum atomic E-state index is 12.8. The number of pyridine rings is 1. The third-order valence-corrected chi connectivity index (χ3v) is 4.19. The van der Waals surface area contributed by atoms with Gasteiger partial charge in [0.15, 0.2) is 0 Å². The monoisotopic (exact) mass is 408 g/mol. The van der Waals surface area contributed by atoms with Crippen molar-refractivity contribution in [3.8, 4) is 17.0 Å². The molecule has 0 N–H and O–H groups in total. The van der Waals surface area contributed by atoms with Crippen molar-refractivity contribution >= 4 is 17.3 Å². The Kier molecular flexibility index (Phi) is 5.51. The number of alkyl halides is 3. The van der Waals surface area contributed by atoms with Gasteiger partial charge in [0.25, 0.3) is 5.88 Å². The van der Waals surface area contributed by atoms with Crippen LogP contribution < -0.4 is 4.74 Å². The van der Waals surface area contributed by atoms with Gasteiger partial charge in [-0.2, -0.15) is 13.2 Å². The number of benzene rings is 2. The molecule has 1 aromatic heterocycles. The van der Waals surface area contributed by atoms with E-state index in [1.807, 2.05) is 6.07 Å². The predicted molar refractivity (Wildman–Crippen MR) is 97.1 cm³/mol. The van der Waals surface area contributed by atoms with Gasteiger partial charge in [0.2, 0.25) is 0 Å². The van der Waals surface area contributed by atoms with Crippen LogP contribution in [0.2, 0.25) is 5.02 Å². The van der Waals surface area contributed by atoms with Crippen molar-refractivity contribution < 1.29 is 22.8 Å². The molecule has 0 atom stereocenters. The predicted octanol–water partition coefficient (Wildman–Crippen LogP) is 5.91. The lowest BCUT2D eigenvalue weighted by Gasteiger charge is -2.12. The third-order valence-electron chi connectivity index (χ3n) is 3.88. The molecule has 0 aliphatic heterocycles. The minimum Gasteiger partial charge on any atom is -0.468 e. The number of ether oxygens (including phenoxy) is 1.